The Balaban J connectivity index is 1.55. The number of carbonyl (C=O) groups is 3. The summed E-state index contributed by atoms with van der Waals surface area (Å²) in [5.41, 5.74) is 3.03. The van der Waals surface area contributed by atoms with Crippen LogP contribution in [0.5, 0.6) is 5.75 Å². The maximum Gasteiger partial charge on any atom is 0.459 e. The summed E-state index contributed by atoms with van der Waals surface area (Å²) in [6.45, 7) is 11.2. The number of hydrogen-bond acceptors (Lipinski definition) is 14. The third-order valence-corrected chi connectivity index (χ3v) is 10.4. The van der Waals surface area contributed by atoms with E-state index in [4.69, 9.17) is 38.5 Å². The highest BCUT2D eigenvalue weighted by Crippen LogP contribution is 2.50. The molecule has 0 unspecified atom stereocenters. The summed E-state index contributed by atoms with van der Waals surface area (Å²) in [6.07, 6.45) is -2.29. The van der Waals surface area contributed by atoms with E-state index in [2.05, 4.69) is 16.3 Å². The van der Waals surface area contributed by atoms with Gasteiger partial charge in [-0.05, 0) is 78.8 Å². The largest absolute Gasteiger partial charge is 0.461 e. The predicted octanol–water partition coefficient (Wildman–Crippen LogP) is 5.07. The molecule has 6 atom stereocenters. The van der Waals surface area contributed by atoms with Gasteiger partial charge >= 0.3 is 25.7 Å². The Morgan fingerprint density at radius 2 is 1.67 bits per heavy atom. The Hall–Kier alpha value is -4.52. The molecule has 0 aliphatic carbocycles. The van der Waals surface area contributed by atoms with Crippen LogP contribution in [-0.2, 0) is 47.2 Å². The molecule has 0 bridgehead atoms. The second kappa shape index (κ2) is 16.1. The van der Waals surface area contributed by atoms with Crippen molar-refractivity contribution in [3.63, 3.8) is 0 Å². The van der Waals surface area contributed by atoms with E-state index < -0.39 is 79.2 Å². The van der Waals surface area contributed by atoms with Gasteiger partial charge in [0.15, 0.2) is 12.2 Å². The van der Waals surface area contributed by atoms with E-state index in [1.165, 1.54) is 29.8 Å². The molecule has 5 rings (SSSR count). The monoisotopic (exact) mass is 769 g/mol. The number of hydrogen-bond donors (Lipinski definition) is 2. The Morgan fingerprint density at radius 1 is 1.02 bits per heavy atom. The van der Waals surface area contributed by atoms with Gasteiger partial charge in [-0.15, -0.1) is 0 Å². The lowest BCUT2D eigenvalue weighted by Crippen LogP contribution is -2.51. The number of nitrogens with zero attached hydrogens (tertiary/aromatic N) is 3. The molecular formula is C37H48N5O11P. The van der Waals surface area contributed by atoms with Crippen LogP contribution in [0.4, 0.5) is 5.69 Å². The summed E-state index contributed by atoms with van der Waals surface area (Å²) in [6, 6.07) is 13.8. The minimum absolute atomic E-state index is 0.116. The lowest BCUT2D eigenvalue weighted by atomic mass is 9.92. The van der Waals surface area contributed by atoms with Crippen molar-refractivity contribution >= 4 is 36.9 Å². The number of ether oxygens (including phenoxy) is 5. The zero-order valence-electron chi connectivity index (χ0n) is 31.5. The highest BCUT2D eigenvalue weighted by molar-refractivity contribution is 7.52. The third kappa shape index (κ3) is 9.22. The first-order chi connectivity index (χ1) is 25.4. The summed E-state index contributed by atoms with van der Waals surface area (Å²) >= 11 is 0. The molecule has 0 amide bonds. The van der Waals surface area contributed by atoms with Gasteiger partial charge in [0.2, 0.25) is 5.60 Å². The molecule has 0 saturated carbocycles. The number of benzene rings is 1. The van der Waals surface area contributed by atoms with E-state index in [1.54, 1.807) is 77.9 Å². The summed E-state index contributed by atoms with van der Waals surface area (Å²) < 4.78 is 57.5. The molecule has 292 valence electrons. The smallest absolute Gasteiger partial charge is 0.459 e. The first kappa shape index (κ1) is 40.7. The minimum atomic E-state index is -4.59. The van der Waals surface area contributed by atoms with Gasteiger partial charge in [-0.25, -0.2) is 9.08 Å². The van der Waals surface area contributed by atoms with Crippen molar-refractivity contribution in [3.05, 3.63) is 60.4 Å². The average Bonchev–Trinajstić information content (AvgIpc) is 3.67. The van der Waals surface area contributed by atoms with Gasteiger partial charge < -0.3 is 33.9 Å². The quantitative estimate of drug-likeness (QED) is 0.140. The summed E-state index contributed by atoms with van der Waals surface area (Å²) in [5.74, 6) is -2.03. The Kier molecular flexibility index (Phi) is 12.1. The van der Waals surface area contributed by atoms with Crippen LogP contribution >= 0.6 is 7.75 Å². The van der Waals surface area contributed by atoms with Crippen molar-refractivity contribution in [1.82, 2.24) is 14.7 Å². The van der Waals surface area contributed by atoms with Gasteiger partial charge in [0.25, 0.3) is 0 Å². The number of rotatable bonds is 12. The van der Waals surface area contributed by atoms with Crippen LogP contribution < -0.4 is 15.3 Å². The van der Waals surface area contributed by atoms with E-state index in [1.807, 2.05) is 0 Å². The van der Waals surface area contributed by atoms with Crippen LogP contribution in [0, 0.1) is 22.2 Å². The molecule has 3 N–H and O–H groups in total. The number of carbonyl (C=O) groups excluding carboxylic acids is 3. The molecule has 4 heterocycles. The van der Waals surface area contributed by atoms with Crippen molar-refractivity contribution in [2.45, 2.75) is 97.4 Å². The van der Waals surface area contributed by atoms with Gasteiger partial charge in [-0.3, -0.25) is 18.9 Å². The van der Waals surface area contributed by atoms with Crippen LogP contribution in [-0.4, -0.2) is 77.3 Å². The number of anilines is 1. The second-order valence-electron chi connectivity index (χ2n) is 15.4. The third-order valence-electron chi connectivity index (χ3n) is 8.77. The first-order valence-corrected chi connectivity index (χ1v) is 19.2. The van der Waals surface area contributed by atoms with Crippen molar-refractivity contribution in [2.24, 2.45) is 10.8 Å². The highest BCUT2D eigenvalue weighted by Gasteiger charge is 2.63. The van der Waals surface area contributed by atoms with Crippen LogP contribution in [0.3, 0.4) is 0 Å². The van der Waals surface area contributed by atoms with E-state index in [0.717, 1.165) is 0 Å². The maximum absolute atomic E-state index is 14.6. The van der Waals surface area contributed by atoms with Gasteiger partial charge in [0.1, 0.15) is 36.7 Å². The molecular weight excluding hydrogens is 721 g/mol. The molecule has 3 aromatic rings. The van der Waals surface area contributed by atoms with Crippen molar-refractivity contribution in [3.8, 4) is 11.8 Å². The summed E-state index contributed by atoms with van der Waals surface area (Å²) in [5, 5.41) is 18.0. The highest BCUT2D eigenvalue weighted by atomic mass is 31.2. The van der Waals surface area contributed by atoms with Crippen LogP contribution in [0.25, 0.3) is 5.52 Å². The zero-order valence-corrected chi connectivity index (χ0v) is 32.4. The van der Waals surface area contributed by atoms with Gasteiger partial charge in [-0.2, -0.15) is 15.4 Å². The number of nitrogen functional groups attached to an aromatic ring is 1. The van der Waals surface area contributed by atoms with Crippen molar-refractivity contribution in [2.75, 3.05) is 25.6 Å². The lowest BCUT2D eigenvalue weighted by molar-refractivity contribution is -0.179. The predicted molar refractivity (Wildman–Crippen MR) is 194 cm³/mol. The van der Waals surface area contributed by atoms with Crippen molar-refractivity contribution in [1.29, 1.82) is 5.26 Å². The molecule has 16 nitrogen and oxygen atoms in total. The summed E-state index contributed by atoms with van der Waals surface area (Å²) in [4.78, 5) is 40.3. The molecule has 2 aromatic heterocycles. The van der Waals surface area contributed by atoms with Crippen molar-refractivity contribution < 1.29 is 51.7 Å². The van der Waals surface area contributed by atoms with Gasteiger partial charge in [0, 0.05) is 19.0 Å². The average molecular weight is 770 g/mol. The fraction of sp³-hybridized carbons (Fsp3) is 0.541. The number of para-hydroxylation sites is 1. The van der Waals surface area contributed by atoms with Gasteiger partial charge in [0.05, 0.1) is 40.9 Å². The number of nitrogens with one attached hydrogen (secondary N) is 1. The molecule has 0 spiro atoms. The van der Waals surface area contributed by atoms with E-state index in [9.17, 15) is 24.2 Å². The summed E-state index contributed by atoms with van der Waals surface area (Å²) in [7, 11) is -4.59. The molecule has 0 radical (unpaired) electrons. The molecule has 1 aromatic carbocycles. The number of esters is 3. The molecule has 2 aliphatic heterocycles. The van der Waals surface area contributed by atoms with E-state index >= 15 is 0 Å². The second-order valence-corrected chi connectivity index (χ2v) is 17.0. The van der Waals surface area contributed by atoms with E-state index in [0.29, 0.717) is 43.0 Å². The first-order valence-electron chi connectivity index (χ1n) is 17.6. The molecule has 2 saturated heterocycles. The van der Waals surface area contributed by atoms with E-state index in [-0.39, 0.29) is 5.75 Å². The fourth-order valence-electron chi connectivity index (χ4n) is 5.64. The Bertz CT molecular complexity index is 1910. The van der Waals surface area contributed by atoms with Crippen LogP contribution in [0.15, 0.2) is 54.7 Å². The van der Waals surface area contributed by atoms with Crippen LogP contribution in [0.2, 0.25) is 0 Å². The van der Waals surface area contributed by atoms with Crippen LogP contribution in [0.1, 0.15) is 73.1 Å². The zero-order chi connectivity index (χ0) is 39.5. The SMILES string of the molecule is C[C@H](N[P@@](=O)(OC[C@@]1(C#N)O[C@@H](c2ccc3c(N)ccnn23)[C@H](OC(=O)C(C)(C)C)[C@@H]1OC(=O)C(C)(C)C)Oc1ccccc1)C(=O)OC1CCOCC1. The molecule has 17 heteroatoms. The fourth-order valence-corrected chi connectivity index (χ4v) is 7.16. The lowest BCUT2D eigenvalue weighted by Gasteiger charge is -2.32. The molecule has 2 aliphatic rings. The number of nitriles is 1. The topological polar surface area (TPSA) is 212 Å². The normalized spacial score (nSPS) is 23.9. The number of nitrogens with two attached hydrogens (primary N) is 1. The minimum Gasteiger partial charge on any atom is -0.461 e. The number of aromatic nitrogens is 2. The Labute approximate surface area is 314 Å². The Morgan fingerprint density at radius 3 is 2.30 bits per heavy atom. The molecule has 54 heavy (non-hydrogen) atoms. The number of fused-ring (bicyclic) bond motifs is 1. The molecule has 2 fully saturated rings. The standard InChI is InChI=1S/C37H48N5O11P/c1-23(32(43)49-24-16-19-47-20-17-24)41-54(46,53-25-11-9-8-10-12-25)48-22-37(21-38)31(51-34(45)36(5,6)7)30(50-33(44)35(2,3)4)29(52-37)28-14-13-27-26(39)15-18-40-42(27)28/h8-15,18,23-24,29-31H,16-17,19-20,22,39H2,1-7H3,(H,41,46)/t23-,29-,30-,31-,37+,54+/m0/s1. The maximum atomic E-state index is 14.6. The van der Waals surface area contributed by atoms with Gasteiger partial charge in [-0.1, -0.05) is 18.2 Å².